The molecule has 2 aromatic heterocycles. The van der Waals surface area contributed by atoms with Crippen LogP contribution in [0.5, 0.6) is 0 Å². The molecule has 2 heterocycles. The maximum Gasteiger partial charge on any atom is 0.211 e. The fourth-order valence-corrected chi connectivity index (χ4v) is 4.36. The molecule has 0 saturated heterocycles. The van der Waals surface area contributed by atoms with Gasteiger partial charge in [0.05, 0.1) is 23.0 Å². The Morgan fingerprint density at radius 3 is 2.79 bits per heavy atom. The number of pyridine rings is 1. The van der Waals surface area contributed by atoms with Crippen molar-refractivity contribution < 1.29 is 13.2 Å². The van der Waals surface area contributed by atoms with E-state index in [-0.39, 0.29) is 5.75 Å². The van der Waals surface area contributed by atoms with Crippen LogP contribution < -0.4 is 4.72 Å². The SMILES string of the molecule is CCOCc1nc2cnc3cc(Br)ccc3c2n1CCCCCS(=O)(=O)NC. The highest BCUT2D eigenvalue weighted by atomic mass is 79.9. The van der Waals surface area contributed by atoms with Gasteiger partial charge in [0.15, 0.2) is 0 Å². The molecule has 0 aliphatic heterocycles. The lowest BCUT2D eigenvalue weighted by Gasteiger charge is -2.11. The number of sulfonamides is 1. The molecule has 1 aromatic carbocycles. The molecule has 0 saturated carbocycles. The highest BCUT2D eigenvalue weighted by Crippen LogP contribution is 2.27. The van der Waals surface area contributed by atoms with E-state index in [4.69, 9.17) is 9.72 Å². The first kappa shape index (κ1) is 21.2. The van der Waals surface area contributed by atoms with Crippen molar-refractivity contribution in [2.45, 2.75) is 39.3 Å². The van der Waals surface area contributed by atoms with Gasteiger partial charge in [0.25, 0.3) is 0 Å². The van der Waals surface area contributed by atoms with Gasteiger partial charge in [-0.25, -0.2) is 18.1 Å². The van der Waals surface area contributed by atoms with E-state index < -0.39 is 10.0 Å². The number of nitrogens with one attached hydrogen (secondary N) is 1. The van der Waals surface area contributed by atoms with Crippen LogP contribution in [0.2, 0.25) is 0 Å². The molecule has 7 nitrogen and oxygen atoms in total. The molecule has 0 radical (unpaired) electrons. The number of hydrogen-bond acceptors (Lipinski definition) is 5. The van der Waals surface area contributed by atoms with Gasteiger partial charge in [0, 0.05) is 23.0 Å². The van der Waals surface area contributed by atoms with Crippen molar-refractivity contribution in [2.75, 3.05) is 19.4 Å². The van der Waals surface area contributed by atoms with E-state index in [0.717, 1.165) is 51.6 Å². The van der Waals surface area contributed by atoms with Crippen molar-refractivity contribution in [3.63, 3.8) is 0 Å². The van der Waals surface area contributed by atoms with E-state index in [1.165, 1.54) is 7.05 Å². The molecule has 28 heavy (non-hydrogen) atoms. The summed E-state index contributed by atoms with van der Waals surface area (Å²) in [6.07, 6.45) is 4.12. The molecule has 0 aliphatic carbocycles. The molecule has 0 atom stereocenters. The maximum absolute atomic E-state index is 11.6. The van der Waals surface area contributed by atoms with Crippen LogP contribution in [0.4, 0.5) is 0 Å². The minimum Gasteiger partial charge on any atom is -0.374 e. The molecule has 9 heteroatoms. The van der Waals surface area contributed by atoms with Crippen LogP contribution in [0.1, 0.15) is 32.0 Å². The Morgan fingerprint density at radius 1 is 1.21 bits per heavy atom. The summed E-state index contributed by atoms with van der Waals surface area (Å²) in [5, 5.41) is 1.05. The fourth-order valence-electron chi connectivity index (χ4n) is 3.22. The number of fused-ring (bicyclic) bond motifs is 3. The van der Waals surface area contributed by atoms with Gasteiger partial charge in [-0.1, -0.05) is 22.4 Å². The Kier molecular flexibility index (Phi) is 7.03. The topological polar surface area (TPSA) is 86.1 Å². The van der Waals surface area contributed by atoms with Crippen molar-refractivity contribution in [1.29, 1.82) is 0 Å². The summed E-state index contributed by atoms with van der Waals surface area (Å²) in [5.74, 6) is 1.03. The van der Waals surface area contributed by atoms with Crippen LogP contribution in [0.15, 0.2) is 28.9 Å². The van der Waals surface area contributed by atoms with Crippen LogP contribution in [0.25, 0.3) is 21.9 Å². The Balaban J connectivity index is 1.87. The number of unbranched alkanes of at least 4 members (excludes halogenated alkanes) is 2. The van der Waals surface area contributed by atoms with Crippen LogP contribution >= 0.6 is 15.9 Å². The summed E-state index contributed by atoms with van der Waals surface area (Å²) in [5.41, 5.74) is 2.81. The number of ether oxygens (including phenoxy) is 1. The van der Waals surface area contributed by atoms with Gasteiger partial charge in [-0.05, 0) is 45.0 Å². The number of nitrogens with zero attached hydrogens (tertiary/aromatic N) is 3. The molecule has 0 bridgehead atoms. The zero-order chi connectivity index (χ0) is 20.1. The van der Waals surface area contributed by atoms with Crippen molar-refractivity contribution in [1.82, 2.24) is 19.3 Å². The summed E-state index contributed by atoms with van der Waals surface area (Å²) in [7, 11) is -1.69. The van der Waals surface area contributed by atoms with Crippen LogP contribution in [0, 0.1) is 0 Å². The molecule has 1 N–H and O–H groups in total. The fraction of sp³-hybridized carbons (Fsp3) is 0.474. The maximum atomic E-state index is 11.6. The van der Waals surface area contributed by atoms with E-state index in [1.807, 2.05) is 19.1 Å². The van der Waals surface area contributed by atoms with E-state index in [2.05, 4.69) is 36.3 Å². The second-order valence-corrected chi connectivity index (χ2v) is 9.52. The molecule has 0 aliphatic rings. The van der Waals surface area contributed by atoms with Gasteiger partial charge < -0.3 is 9.30 Å². The monoisotopic (exact) mass is 468 g/mol. The van der Waals surface area contributed by atoms with Crippen LogP contribution in [-0.2, 0) is 27.9 Å². The molecule has 0 spiro atoms. The van der Waals surface area contributed by atoms with Crippen molar-refractivity contribution in [3.8, 4) is 0 Å². The largest absolute Gasteiger partial charge is 0.374 e. The number of benzene rings is 1. The third-order valence-corrected chi connectivity index (χ3v) is 6.60. The van der Waals surface area contributed by atoms with Gasteiger partial charge in [-0.15, -0.1) is 0 Å². The Morgan fingerprint density at radius 2 is 2.04 bits per heavy atom. The number of aryl methyl sites for hydroxylation is 1. The van der Waals surface area contributed by atoms with E-state index >= 15 is 0 Å². The molecule has 0 amide bonds. The first-order valence-electron chi connectivity index (χ1n) is 9.37. The van der Waals surface area contributed by atoms with Crippen LogP contribution in [-0.4, -0.2) is 42.4 Å². The number of hydrogen-bond donors (Lipinski definition) is 1. The quantitative estimate of drug-likeness (QED) is 0.459. The number of aromatic nitrogens is 3. The minimum absolute atomic E-state index is 0.154. The lowest BCUT2D eigenvalue weighted by atomic mass is 10.2. The highest BCUT2D eigenvalue weighted by molar-refractivity contribution is 9.10. The zero-order valence-corrected chi connectivity index (χ0v) is 18.5. The van der Waals surface area contributed by atoms with Gasteiger partial charge in [0.1, 0.15) is 17.9 Å². The summed E-state index contributed by atoms with van der Waals surface area (Å²) >= 11 is 3.50. The summed E-state index contributed by atoms with van der Waals surface area (Å²) < 4.78 is 34.3. The van der Waals surface area contributed by atoms with E-state index in [9.17, 15) is 8.42 Å². The normalized spacial score (nSPS) is 12.2. The predicted octanol–water partition coefficient (Wildman–Crippen LogP) is 3.60. The van der Waals surface area contributed by atoms with Gasteiger partial charge in [0.2, 0.25) is 10.0 Å². The molecular formula is C19H25BrN4O3S. The third-order valence-electron chi connectivity index (χ3n) is 4.66. The molecule has 0 unspecified atom stereocenters. The number of imidazole rings is 1. The summed E-state index contributed by atoms with van der Waals surface area (Å²) in [6, 6.07) is 6.05. The van der Waals surface area contributed by atoms with Crippen molar-refractivity contribution in [2.24, 2.45) is 0 Å². The molecule has 152 valence electrons. The van der Waals surface area contributed by atoms with Crippen LogP contribution in [0.3, 0.4) is 0 Å². The van der Waals surface area contributed by atoms with Gasteiger partial charge in [-0.3, -0.25) is 4.98 Å². The standard InChI is InChI=1S/C19H25BrN4O3S/c1-3-27-13-18-23-17-12-22-16-11-14(20)7-8-15(16)19(17)24(18)9-5-4-6-10-28(25,26)21-2/h7-8,11-12,21H,3-6,9-10,13H2,1-2H3. The number of rotatable bonds is 10. The Bertz CT molecular complexity index is 1070. The van der Waals surface area contributed by atoms with E-state index in [1.54, 1.807) is 6.20 Å². The predicted molar refractivity (Wildman–Crippen MR) is 115 cm³/mol. The molecule has 3 aromatic rings. The smallest absolute Gasteiger partial charge is 0.211 e. The summed E-state index contributed by atoms with van der Waals surface area (Å²) in [4.78, 5) is 9.26. The first-order valence-corrected chi connectivity index (χ1v) is 11.8. The number of halogens is 1. The first-order chi connectivity index (χ1) is 13.4. The Labute approximate surface area is 173 Å². The average Bonchev–Trinajstić information content (AvgIpc) is 3.03. The average molecular weight is 469 g/mol. The lowest BCUT2D eigenvalue weighted by Crippen LogP contribution is -2.21. The van der Waals surface area contributed by atoms with Crippen molar-refractivity contribution in [3.05, 3.63) is 34.7 Å². The molecular weight excluding hydrogens is 444 g/mol. The zero-order valence-electron chi connectivity index (χ0n) is 16.1. The second-order valence-electron chi connectivity index (χ2n) is 6.55. The molecule has 3 rings (SSSR count). The summed E-state index contributed by atoms with van der Waals surface area (Å²) in [6.45, 7) is 3.78. The lowest BCUT2D eigenvalue weighted by molar-refractivity contribution is 0.126. The molecule has 0 fully saturated rings. The third kappa shape index (κ3) is 4.89. The second kappa shape index (κ2) is 9.30. The van der Waals surface area contributed by atoms with Crippen molar-refractivity contribution >= 4 is 47.9 Å². The van der Waals surface area contributed by atoms with Gasteiger partial charge in [-0.2, -0.15) is 0 Å². The van der Waals surface area contributed by atoms with Gasteiger partial charge >= 0.3 is 0 Å². The minimum atomic E-state index is -3.14. The highest BCUT2D eigenvalue weighted by Gasteiger charge is 2.15. The van der Waals surface area contributed by atoms with E-state index in [0.29, 0.717) is 19.6 Å². The Hall–Kier alpha value is -1.55.